The molecule has 1 unspecified atom stereocenters. The number of hydrogen-bond acceptors (Lipinski definition) is 6. The Bertz CT molecular complexity index is 551. The van der Waals surface area contributed by atoms with Crippen LogP contribution in [0.25, 0.3) is 0 Å². The van der Waals surface area contributed by atoms with E-state index in [-0.39, 0.29) is 5.91 Å². The maximum atomic E-state index is 12.5. The van der Waals surface area contributed by atoms with Gasteiger partial charge < -0.3 is 9.73 Å². The highest BCUT2D eigenvalue weighted by atomic mass is 32.1. The molecule has 94 valence electrons. The summed E-state index contributed by atoms with van der Waals surface area (Å²) >= 11 is 1.45. The van der Waals surface area contributed by atoms with Crippen molar-refractivity contribution in [1.82, 2.24) is 15.3 Å². The standard InChI is InChI=1S/C11H12N4O2S/c1-12-8-9-7(14-6-17-9)2-4-15(10(8)16)11-13-3-5-18-11/h3,5-6,8,12H,2,4H2,1H3. The van der Waals surface area contributed by atoms with Crippen LogP contribution in [0.1, 0.15) is 17.5 Å². The van der Waals surface area contributed by atoms with Crippen molar-refractivity contribution in [2.45, 2.75) is 12.5 Å². The van der Waals surface area contributed by atoms with Crippen molar-refractivity contribution in [3.63, 3.8) is 0 Å². The average Bonchev–Trinajstić information content (AvgIpc) is 3.01. The number of oxazole rings is 1. The second-order valence-electron chi connectivity index (χ2n) is 3.94. The Kier molecular flexibility index (Phi) is 2.85. The van der Waals surface area contributed by atoms with E-state index < -0.39 is 6.04 Å². The maximum absolute atomic E-state index is 12.5. The summed E-state index contributed by atoms with van der Waals surface area (Å²) in [6.07, 6.45) is 3.76. The second kappa shape index (κ2) is 4.51. The number of anilines is 1. The van der Waals surface area contributed by atoms with Crippen molar-refractivity contribution in [3.8, 4) is 0 Å². The molecule has 1 amide bonds. The first-order chi connectivity index (χ1) is 8.81. The summed E-state index contributed by atoms with van der Waals surface area (Å²) in [6, 6.07) is -0.492. The van der Waals surface area contributed by atoms with Gasteiger partial charge in [-0.05, 0) is 7.05 Å². The van der Waals surface area contributed by atoms with Crippen LogP contribution in [0.15, 0.2) is 22.4 Å². The van der Waals surface area contributed by atoms with Crippen LogP contribution in [0.2, 0.25) is 0 Å². The number of rotatable bonds is 2. The van der Waals surface area contributed by atoms with Crippen LogP contribution in [-0.4, -0.2) is 29.5 Å². The van der Waals surface area contributed by atoms with Crippen LogP contribution in [0.4, 0.5) is 5.13 Å². The minimum atomic E-state index is -0.492. The van der Waals surface area contributed by atoms with Gasteiger partial charge in [-0.3, -0.25) is 9.69 Å². The van der Waals surface area contributed by atoms with E-state index in [4.69, 9.17) is 4.42 Å². The summed E-state index contributed by atoms with van der Waals surface area (Å²) in [5, 5.41) is 5.55. The van der Waals surface area contributed by atoms with Gasteiger partial charge in [0.25, 0.3) is 5.91 Å². The van der Waals surface area contributed by atoms with Crippen LogP contribution in [0.5, 0.6) is 0 Å². The molecule has 0 saturated heterocycles. The lowest BCUT2D eigenvalue weighted by Gasteiger charge is -2.20. The maximum Gasteiger partial charge on any atom is 0.253 e. The number of thiazole rings is 1. The molecular formula is C11H12N4O2S. The van der Waals surface area contributed by atoms with Crippen LogP contribution < -0.4 is 10.2 Å². The average molecular weight is 264 g/mol. The fourth-order valence-electron chi connectivity index (χ4n) is 2.09. The minimum Gasteiger partial charge on any atom is -0.446 e. The number of carbonyl (C=O) groups is 1. The first kappa shape index (κ1) is 11.4. The molecule has 0 fully saturated rings. The molecule has 0 aromatic carbocycles. The SMILES string of the molecule is CNC1C(=O)N(c2nccs2)CCc2ncoc21. The number of nitrogens with one attached hydrogen (secondary N) is 1. The smallest absolute Gasteiger partial charge is 0.253 e. The summed E-state index contributed by atoms with van der Waals surface area (Å²) in [7, 11) is 1.74. The number of likely N-dealkylation sites (N-methyl/N-ethyl adjacent to an activating group) is 1. The molecule has 0 radical (unpaired) electrons. The summed E-state index contributed by atoms with van der Waals surface area (Å²) in [4.78, 5) is 22.5. The monoisotopic (exact) mass is 264 g/mol. The molecule has 2 aromatic heterocycles. The molecule has 3 heterocycles. The normalized spacial score (nSPS) is 19.7. The zero-order chi connectivity index (χ0) is 12.5. The fourth-order valence-corrected chi connectivity index (χ4v) is 2.76. The van der Waals surface area contributed by atoms with Crippen molar-refractivity contribution in [2.24, 2.45) is 0 Å². The minimum absolute atomic E-state index is 0.0528. The Morgan fingerprint density at radius 1 is 1.56 bits per heavy atom. The zero-order valence-electron chi connectivity index (χ0n) is 9.79. The fraction of sp³-hybridized carbons (Fsp3) is 0.364. The van der Waals surface area contributed by atoms with Crippen LogP contribution in [0, 0.1) is 0 Å². The number of hydrogen-bond donors (Lipinski definition) is 1. The molecule has 2 aromatic rings. The van der Waals surface area contributed by atoms with E-state index >= 15 is 0 Å². The third-order valence-corrected chi connectivity index (χ3v) is 3.75. The van der Waals surface area contributed by atoms with Crippen molar-refractivity contribution in [2.75, 3.05) is 18.5 Å². The Hall–Kier alpha value is -1.73. The third-order valence-electron chi connectivity index (χ3n) is 2.96. The molecule has 1 N–H and O–H groups in total. The van der Waals surface area contributed by atoms with Crippen LogP contribution >= 0.6 is 11.3 Å². The van der Waals surface area contributed by atoms with Gasteiger partial charge in [0, 0.05) is 24.5 Å². The number of carbonyl (C=O) groups excluding carboxylic acids is 1. The van der Waals surface area contributed by atoms with Crippen molar-refractivity contribution in [1.29, 1.82) is 0 Å². The van der Waals surface area contributed by atoms with E-state index in [1.54, 1.807) is 18.1 Å². The van der Waals surface area contributed by atoms with Gasteiger partial charge >= 0.3 is 0 Å². The van der Waals surface area contributed by atoms with Gasteiger partial charge in [0.05, 0.1) is 5.69 Å². The van der Waals surface area contributed by atoms with E-state index in [2.05, 4.69) is 15.3 Å². The van der Waals surface area contributed by atoms with Crippen molar-refractivity contribution >= 4 is 22.4 Å². The Labute approximate surface area is 108 Å². The van der Waals surface area contributed by atoms with Gasteiger partial charge in [-0.15, -0.1) is 11.3 Å². The van der Waals surface area contributed by atoms with Gasteiger partial charge in [0.2, 0.25) is 0 Å². The van der Waals surface area contributed by atoms with Crippen molar-refractivity contribution in [3.05, 3.63) is 29.4 Å². The van der Waals surface area contributed by atoms with E-state index in [1.807, 2.05) is 5.38 Å². The predicted octanol–water partition coefficient (Wildman–Crippen LogP) is 0.981. The molecule has 0 saturated carbocycles. The molecule has 1 aliphatic heterocycles. The number of amides is 1. The van der Waals surface area contributed by atoms with Gasteiger partial charge in [0.1, 0.15) is 6.04 Å². The summed E-state index contributed by atoms with van der Waals surface area (Å²) in [5.41, 5.74) is 0.835. The van der Waals surface area contributed by atoms with E-state index in [0.717, 1.165) is 5.69 Å². The molecule has 3 rings (SSSR count). The van der Waals surface area contributed by atoms with Gasteiger partial charge in [0.15, 0.2) is 17.3 Å². The van der Waals surface area contributed by atoms with E-state index in [0.29, 0.717) is 23.9 Å². The molecule has 0 bridgehead atoms. The summed E-state index contributed by atoms with van der Waals surface area (Å²) in [5.74, 6) is 0.560. The predicted molar refractivity (Wildman–Crippen MR) is 66.5 cm³/mol. The molecule has 6 nitrogen and oxygen atoms in total. The van der Waals surface area contributed by atoms with Crippen LogP contribution in [0.3, 0.4) is 0 Å². The largest absolute Gasteiger partial charge is 0.446 e. The molecule has 7 heteroatoms. The molecule has 18 heavy (non-hydrogen) atoms. The third kappa shape index (κ3) is 1.72. The van der Waals surface area contributed by atoms with Gasteiger partial charge in [-0.2, -0.15) is 0 Å². The topological polar surface area (TPSA) is 71.3 Å². The second-order valence-corrected chi connectivity index (χ2v) is 4.81. The summed E-state index contributed by atoms with van der Waals surface area (Å²) < 4.78 is 5.34. The number of fused-ring (bicyclic) bond motifs is 1. The first-order valence-corrected chi connectivity index (χ1v) is 6.49. The lowest BCUT2D eigenvalue weighted by molar-refractivity contribution is -0.120. The van der Waals surface area contributed by atoms with Crippen molar-refractivity contribution < 1.29 is 9.21 Å². The highest BCUT2D eigenvalue weighted by Crippen LogP contribution is 2.28. The lowest BCUT2D eigenvalue weighted by atomic mass is 10.2. The van der Waals surface area contributed by atoms with E-state index in [1.165, 1.54) is 17.7 Å². The van der Waals surface area contributed by atoms with E-state index in [9.17, 15) is 4.79 Å². The number of aromatic nitrogens is 2. The lowest BCUT2D eigenvalue weighted by Crippen LogP contribution is -2.39. The van der Waals surface area contributed by atoms with Crippen LogP contribution in [-0.2, 0) is 11.2 Å². The molecule has 0 spiro atoms. The van der Waals surface area contributed by atoms with Gasteiger partial charge in [-0.25, -0.2) is 9.97 Å². The molecular weight excluding hydrogens is 252 g/mol. The van der Waals surface area contributed by atoms with Gasteiger partial charge in [-0.1, -0.05) is 0 Å². The highest BCUT2D eigenvalue weighted by Gasteiger charge is 2.34. The Morgan fingerprint density at radius 3 is 3.17 bits per heavy atom. The summed E-state index contributed by atoms with van der Waals surface area (Å²) in [6.45, 7) is 0.573. The molecule has 1 atom stereocenters. The number of nitrogens with zero attached hydrogens (tertiary/aromatic N) is 3. The zero-order valence-corrected chi connectivity index (χ0v) is 10.6. The molecule has 1 aliphatic rings. The highest BCUT2D eigenvalue weighted by molar-refractivity contribution is 7.13. The Morgan fingerprint density at radius 2 is 2.44 bits per heavy atom. The first-order valence-electron chi connectivity index (χ1n) is 5.61. The molecule has 0 aliphatic carbocycles. The quantitative estimate of drug-likeness (QED) is 0.875. The Balaban J connectivity index is 1.99.